The van der Waals surface area contributed by atoms with Crippen LogP contribution in [0.1, 0.15) is 0 Å². The predicted octanol–water partition coefficient (Wildman–Crippen LogP) is 19.0. The first-order valence-corrected chi connectivity index (χ1v) is 29.7. The van der Waals surface area contributed by atoms with Crippen LogP contribution in [0.25, 0.3) is 101 Å². The van der Waals surface area contributed by atoms with E-state index in [4.69, 9.17) is 15.0 Å². The van der Waals surface area contributed by atoms with E-state index in [1.165, 1.54) is 27.5 Å². The summed E-state index contributed by atoms with van der Waals surface area (Å²) in [6.45, 7) is -0.0881. The Morgan fingerprint density at radius 2 is 0.437 bits per heavy atom. The van der Waals surface area contributed by atoms with Gasteiger partial charge in [-0.25, -0.2) is 15.0 Å². The number of aromatic nitrogens is 3. The highest BCUT2D eigenvalue weighted by Gasteiger charge is 2.43. The monoisotopic (exact) mass is 1110 g/mol. The van der Waals surface area contributed by atoms with Crippen LogP contribution in [0, 0.1) is 0 Å². The minimum Gasteiger partial charge on any atom is -0.311 e. The number of rotatable bonds is 11. The Kier molecular flexibility index (Phi) is 12.9. The number of para-hydroxylation sites is 2. The van der Waals surface area contributed by atoms with Crippen molar-refractivity contribution in [3.8, 4) is 101 Å². The normalized spacial score (nSPS) is 12.1. The van der Waals surface area contributed by atoms with Gasteiger partial charge < -0.3 is 9.80 Å². The highest BCUT2D eigenvalue weighted by atomic mass is 15.2. The molecule has 16 rings (SSSR count). The number of nitrogens with zero attached hydrogens (tertiary/aromatic N) is 5. The lowest BCUT2D eigenvalue weighted by molar-refractivity contribution is 1.07. The van der Waals surface area contributed by atoms with E-state index >= 15 is 0 Å². The van der Waals surface area contributed by atoms with Crippen LogP contribution in [-0.4, -0.2) is 21.7 Å². The highest BCUT2D eigenvalue weighted by molar-refractivity contribution is 7.00. The minimum absolute atomic E-state index is 0.0881. The number of anilines is 6. The van der Waals surface area contributed by atoms with Crippen molar-refractivity contribution in [2.24, 2.45) is 0 Å². The van der Waals surface area contributed by atoms with Gasteiger partial charge in [-0.1, -0.05) is 243 Å². The number of fused-ring (bicyclic) bond motifs is 4. The van der Waals surface area contributed by atoms with Crippen LogP contribution >= 0.6 is 0 Å². The summed E-state index contributed by atoms with van der Waals surface area (Å²) in [7, 11) is 0. The fraction of sp³-hybridized carbons (Fsp3) is 0. The molecule has 0 N–H and O–H groups in total. The molecule has 0 radical (unpaired) electrons. The zero-order chi connectivity index (χ0) is 57.6. The smallest absolute Gasteiger partial charge is 0.252 e. The summed E-state index contributed by atoms with van der Waals surface area (Å²) in [6, 6.07) is 118. The minimum atomic E-state index is -0.0881. The van der Waals surface area contributed by atoms with Crippen molar-refractivity contribution in [3.63, 3.8) is 0 Å². The second kappa shape index (κ2) is 21.9. The number of hydrogen-bond donors (Lipinski definition) is 0. The second-order valence-electron chi connectivity index (χ2n) is 22.3. The maximum Gasteiger partial charge on any atom is 0.252 e. The van der Waals surface area contributed by atoms with Gasteiger partial charge in [-0.3, -0.25) is 0 Å². The van der Waals surface area contributed by atoms with Crippen LogP contribution in [0.4, 0.5) is 34.1 Å². The first kappa shape index (κ1) is 51.2. The van der Waals surface area contributed by atoms with Crippen LogP contribution in [0.2, 0.25) is 0 Å². The summed E-state index contributed by atoms with van der Waals surface area (Å²) < 4.78 is 0. The third kappa shape index (κ3) is 9.56. The van der Waals surface area contributed by atoms with Gasteiger partial charge in [0.1, 0.15) is 0 Å². The Balaban J connectivity index is 0.978. The van der Waals surface area contributed by atoms with E-state index in [0.717, 1.165) is 106 Å². The van der Waals surface area contributed by atoms with Gasteiger partial charge in [-0.05, 0) is 168 Å². The molecule has 0 saturated carbocycles. The van der Waals surface area contributed by atoms with Gasteiger partial charge in [-0.15, -0.1) is 0 Å². The molecule has 3 heterocycles. The highest BCUT2D eigenvalue weighted by Crippen LogP contribution is 2.47. The summed E-state index contributed by atoms with van der Waals surface area (Å²) in [5.41, 5.74) is 26.1. The molecule has 406 valence electrons. The van der Waals surface area contributed by atoms with Crippen LogP contribution in [0.5, 0.6) is 0 Å². The Morgan fingerprint density at radius 3 is 0.747 bits per heavy atom. The molecule has 0 fully saturated rings. The molecule has 0 aliphatic carbocycles. The van der Waals surface area contributed by atoms with Crippen molar-refractivity contribution in [2.75, 3.05) is 9.80 Å². The average Bonchev–Trinajstić information content (AvgIpc) is 0.753. The van der Waals surface area contributed by atoms with Crippen LogP contribution in [-0.2, 0) is 0 Å². The SMILES string of the molecule is c1ccc(-c2ccc(N3c4ccccc4B4c5ccccc5N(c5ccc(-c6ccccc6)cc5)c5cc(-c6nc(-c7cc(-c8ccccc8)cc(-c8ccccc8)c7)nc(-c7cc(-c8ccccc8)cc(-c8ccccc8)c7)n6)cc3c54)cc2)cc1. The molecular formula is C81H54BN5. The van der Waals surface area contributed by atoms with Crippen LogP contribution < -0.4 is 26.2 Å². The summed E-state index contributed by atoms with van der Waals surface area (Å²) in [4.78, 5) is 21.9. The Bertz CT molecular complexity index is 4420. The zero-order valence-corrected chi connectivity index (χ0v) is 47.5. The van der Waals surface area contributed by atoms with Crippen LogP contribution in [0.3, 0.4) is 0 Å². The van der Waals surface area contributed by atoms with Gasteiger partial charge in [-0.2, -0.15) is 0 Å². The van der Waals surface area contributed by atoms with Gasteiger partial charge >= 0.3 is 0 Å². The summed E-state index contributed by atoms with van der Waals surface area (Å²) in [6.07, 6.45) is 0. The topological polar surface area (TPSA) is 45.2 Å². The van der Waals surface area contributed by atoms with E-state index in [-0.39, 0.29) is 6.71 Å². The van der Waals surface area contributed by atoms with Gasteiger partial charge in [0.25, 0.3) is 6.71 Å². The van der Waals surface area contributed by atoms with Crippen molar-refractivity contribution < 1.29 is 0 Å². The zero-order valence-electron chi connectivity index (χ0n) is 47.5. The summed E-state index contributed by atoms with van der Waals surface area (Å²) in [5, 5.41) is 0. The molecule has 5 nitrogen and oxygen atoms in total. The van der Waals surface area contributed by atoms with E-state index in [0.29, 0.717) is 17.5 Å². The van der Waals surface area contributed by atoms with E-state index in [1.807, 2.05) is 0 Å². The molecule has 2 aliphatic heterocycles. The Hall–Kier alpha value is -11.5. The summed E-state index contributed by atoms with van der Waals surface area (Å²) >= 11 is 0. The van der Waals surface area contributed by atoms with E-state index < -0.39 is 0 Å². The maximum absolute atomic E-state index is 5.71. The number of hydrogen-bond acceptors (Lipinski definition) is 5. The predicted molar refractivity (Wildman–Crippen MR) is 363 cm³/mol. The second-order valence-corrected chi connectivity index (χ2v) is 22.3. The van der Waals surface area contributed by atoms with Crippen molar-refractivity contribution in [2.45, 2.75) is 0 Å². The molecule has 0 unspecified atom stereocenters. The fourth-order valence-corrected chi connectivity index (χ4v) is 12.9. The van der Waals surface area contributed by atoms with E-state index in [2.05, 4.69) is 337 Å². The molecule has 0 amide bonds. The lowest BCUT2D eigenvalue weighted by atomic mass is 9.33. The quantitative estimate of drug-likeness (QED) is 0.121. The van der Waals surface area contributed by atoms with E-state index in [1.54, 1.807) is 0 Å². The molecule has 6 heteroatoms. The average molecular weight is 1110 g/mol. The molecule has 14 aromatic rings. The fourth-order valence-electron chi connectivity index (χ4n) is 12.9. The molecular weight excluding hydrogens is 1050 g/mol. The van der Waals surface area contributed by atoms with Gasteiger partial charge in [0.05, 0.1) is 0 Å². The van der Waals surface area contributed by atoms with Gasteiger partial charge in [0, 0.05) is 50.8 Å². The molecule has 87 heavy (non-hydrogen) atoms. The van der Waals surface area contributed by atoms with Crippen LogP contribution in [0.15, 0.2) is 328 Å². The molecule has 1 aromatic heterocycles. The molecule has 2 aliphatic rings. The van der Waals surface area contributed by atoms with Crippen molar-refractivity contribution in [3.05, 3.63) is 328 Å². The lowest BCUT2D eigenvalue weighted by Gasteiger charge is -2.44. The van der Waals surface area contributed by atoms with Crippen molar-refractivity contribution in [1.82, 2.24) is 15.0 Å². The molecule has 13 aromatic carbocycles. The molecule has 0 spiro atoms. The lowest BCUT2D eigenvalue weighted by Crippen LogP contribution is -2.61. The Morgan fingerprint density at radius 1 is 0.195 bits per heavy atom. The van der Waals surface area contributed by atoms with Crippen molar-refractivity contribution in [1.29, 1.82) is 0 Å². The van der Waals surface area contributed by atoms with Gasteiger partial charge in [0.15, 0.2) is 17.5 Å². The third-order valence-corrected chi connectivity index (χ3v) is 17.1. The van der Waals surface area contributed by atoms with Gasteiger partial charge in [0.2, 0.25) is 0 Å². The first-order chi connectivity index (χ1) is 43.1. The molecule has 0 saturated heterocycles. The third-order valence-electron chi connectivity index (χ3n) is 17.1. The first-order valence-electron chi connectivity index (χ1n) is 29.7. The molecule has 0 atom stereocenters. The van der Waals surface area contributed by atoms with E-state index in [9.17, 15) is 0 Å². The standard InChI is InChI=1S/C81H54BN5/c1-7-23-55(24-8-1)61-39-43-70(44-40-61)86-74-37-21-19-35-72(74)82-73-36-20-22-38-75(73)87(71-45-41-62(42-46-71)56-25-9-2-10-26-56)77-54-69(53-76(86)78(77)82)81-84-79(67-49-63(57-27-11-3-12-28-57)47-64(50-67)58-29-13-4-14-30-58)83-80(85-81)68-51-65(59-31-15-5-16-32-59)48-66(52-68)60-33-17-6-18-34-60/h1-54H. The summed E-state index contributed by atoms with van der Waals surface area (Å²) in [5.74, 6) is 1.69. The molecule has 0 bridgehead atoms. The number of benzene rings is 13. The van der Waals surface area contributed by atoms with Crippen molar-refractivity contribution >= 4 is 57.2 Å². The maximum atomic E-state index is 5.71. The Labute approximate surface area is 507 Å². The largest absolute Gasteiger partial charge is 0.311 e.